The molecule has 3 rings (SSSR count). The van der Waals surface area contributed by atoms with E-state index < -0.39 is 77.1 Å². The number of amidine groups is 1. The number of methoxy groups -OCH3 is 1. The largest absolute Gasteiger partial charge is 0.463 e. The van der Waals surface area contributed by atoms with Gasteiger partial charge in [-0.15, -0.1) is 0 Å². The number of aromatic amines is 1. The van der Waals surface area contributed by atoms with Gasteiger partial charge < -0.3 is 44.8 Å². The van der Waals surface area contributed by atoms with E-state index in [4.69, 9.17) is 29.4 Å². The van der Waals surface area contributed by atoms with Crippen LogP contribution in [0.3, 0.4) is 0 Å². The normalized spacial score (nSPS) is 21.6. The number of benzene rings is 1. The van der Waals surface area contributed by atoms with Gasteiger partial charge in [-0.05, 0) is 57.7 Å². The van der Waals surface area contributed by atoms with Crippen LogP contribution < -0.4 is 16.0 Å². The van der Waals surface area contributed by atoms with Crippen molar-refractivity contribution in [3.63, 3.8) is 0 Å². The highest BCUT2D eigenvalue weighted by Gasteiger charge is 2.60. The van der Waals surface area contributed by atoms with Crippen LogP contribution in [0.5, 0.6) is 0 Å². The predicted molar refractivity (Wildman–Crippen MR) is 186 cm³/mol. The zero-order chi connectivity index (χ0) is 39.1. The number of carbonyl (C=O) groups is 4. The number of aliphatic hydroxyl groups excluding tert-OH is 1. The number of nitrogens with two attached hydrogens (primary N) is 1. The van der Waals surface area contributed by atoms with Gasteiger partial charge in [0.15, 0.2) is 18.0 Å². The van der Waals surface area contributed by atoms with Crippen molar-refractivity contribution in [2.24, 2.45) is 16.1 Å². The molecule has 1 aromatic carbocycles. The van der Waals surface area contributed by atoms with Gasteiger partial charge in [0.25, 0.3) is 5.84 Å². The Labute approximate surface area is 302 Å². The summed E-state index contributed by atoms with van der Waals surface area (Å²) in [5, 5.41) is 24.9. The van der Waals surface area contributed by atoms with Crippen LogP contribution in [0, 0.1) is 16.7 Å². The highest BCUT2D eigenvalue weighted by molar-refractivity contribution is 6.01. The lowest BCUT2D eigenvalue weighted by Gasteiger charge is -2.32. The fraction of sp³-hybridized carbons (Fsp3) is 0.528. The standard InChI is InChI=1S/C36H48N6O10/c1-33(2,3)27(41-32(47)52-34(4,5)6)30(45)50-26-23(18-49-25(43)17-21-13-11-10-12-14-21)51-36(19-37,28(26)44)24-16-15-22(40-24)29(39-20-38)42-31(46)35(7,8)48-9/h10-16,20,23,26-28,40,44H,17-18H2,1-9H3,(H,41,47)(H2,38,39,42,46)/p+1/t23-,26-,27-,28-,36+/m1/s1. The zero-order valence-electron chi connectivity index (χ0n) is 30.9. The molecule has 52 heavy (non-hydrogen) atoms. The first-order valence-corrected chi connectivity index (χ1v) is 16.5. The molecule has 1 saturated heterocycles. The van der Waals surface area contributed by atoms with Crippen molar-refractivity contribution < 1.29 is 53.0 Å². The number of nitriles is 1. The average Bonchev–Trinajstić information content (AvgIpc) is 3.65. The minimum atomic E-state index is -2.22. The van der Waals surface area contributed by atoms with Gasteiger partial charge in [0.1, 0.15) is 42.2 Å². The van der Waals surface area contributed by atoms with E-state index in [1.807, 2.05) is 6.07 Å². The third kappa shape index (κ3) is 10.2. The molecule has 1 aromatic heterocycles. The number of aliphatic imine (C=N–C) groups is 1. The number of amides is 2. The number of aliphatic hydroxyl groups is 1. The van der Waals surface area contributed by atoms with E-state index in [2.05, 4.69) is 20.3 Å². The number of hydrogen-bond acceptors (Lipinski definition) is 11. The van der Waals surface area contributed by atoms with E-state index in [0.717, 1.165) is 6.34 Å². The lowest BCUT2D eigenvalue weighted by atomic mass is 9.86. The van der Waals surface area contributed by atoms with Crippen LogP contribution in [0.15, 0.2) is 47.5 Å². The van der Waals surface area contributed by atoms with Gasteiger partial charge >= 0.3 is 23.9 Å². The molecule has 16 heteroatoms. The van der Waals surface area contributed by atoms with E-state index in [-0.39, 0.29) is 23.6 Å². The Balaban J connectivity index is 2.01. The third-order valence-corrected chi connectivity index (χ3v) is 8.01. The van der Waals surface area contributed by atoms with E-state index in [9.17, 15) is 29.5 Å². The van der Waals surface area contributed by atoms with Crippen molar-refractivity contribution in [2.45, 2.75) is 103 Å². The summed E-state index contributed by atoms with van der Waals surface area (Å²) in [5.74, 6) is -2.30. The van der Waals surface area contributed by atoms with Gasteiger partial charge in [0.05, 0.1) is 12.1 Å². The first-order chi connectivity index (χ1) is 24.2. The number of H-pyrrole nitrogens is 1. The number of esters is 2. The van der Waals surface area contributed by atoms with Gasteiger partial charge in [0, 0.05) is 7.11 Å². The highest BCUT2D eigenvalue weighted by atomic mass is 16.6. The van der Waals surface area contributed by atoms with Crippen molar-refractivity contribution in [1.82, 2.24) is 10.3 Å². The highest BCUT2D eigenvalue weighted by Crippen LogP contribution is 2.41. The molecule has 0 spiro atoms. The Kier molecular flexibility index (Phi) is 13.1. The van der Waals surface area contributed by atoms with E-state index in [1.54, 1.807) is 71.9 Å². The SMILES string of the molecule is COC(C)(C)C(=O)N=C([NH+]=CN)c1ccc([C@]2(C#N)O[C@H](COC(=O)Cc3ccccc3)[C@@H](OC(=O)[C@@H](NC(=O)OC(C)(C)C)C(C)(C)C)[C@H]2O)[nH]1. The second-order valence-electron chi connectivity index (χ2n) is 14.7. The van der Waals surface area contributed by atoms with Gasteiger partial charge in [-0.1, -0.05) is 56.1 Å². The molecule has 282 valence electrons. The minimum absolute atomic E-state index is 0.0131. The topological polar surface area (TPSA) is 239 Å². The molecule has 0 saturated carbocycles. The molecule has 2 heterocycles. The van der Waals surface area contributed by atoms with Gasteiger partial charge in [-0.2, -0.15) is 5.26 Å². The summed E-state index contributed by atoms with van der Waals surface area (Å²) in [5.41, 5.74) is 1.15. The maximum absolute atomic E-state index is 13.8. The molecule has 0 unspecified atom stereocenters. The summed E-state index contributed by atoms with van der Waals surface area (Å²) < 4.78 is 28.0. The predicted octanol–water partition coefficient (Wildman–Crippen LogP) is 0.896. The first-order valence-electron chi connectivity index (χ1n) is 16.5. The fourth-order valence-electron chi connectivity index (χ4n) is 5.02. The summed E-state index contributed by atoms with van der Waals surface area (Å²) in [7, 11) is 1.35. The molecule has 0 bridgehead atoms. The second-order valence-corrected chi connectivity index (χ2v) is 14.7. The quantitative estimate of drug-likeness (QED) is 0.0940. The summed E-state index contributed by atoms with van der Waals surface area (Å²) >= 11 is 0. The van der Waals surface area contributed by atoms with Crippen LogP contribution in [0.1, 0.15) is 72.3 Å². The Hall–Kier alpha value is -5.11. The number of nitrogens with zero attached hydrogens (tertiary/aromatic N) is 2. The Bertz CT molecular complexity index is 1700. The number of alkyl carbamates (subject to hydrolysis) is 1. The molecule has 0 radical (unpaired) electrons. The number of hydrogen-bond donors (Lipinski definition) is 5. The Morgan fingerprint density at radius 1 is 1.12 bits per heavy atom. The van der Waals surface area contributed by atoms with Crippen LogP contribution in [-0.2, 0) is 50.1 Å². The molecule has 5 atom stereocenters. The van der Waals surface area contributed by atoms with E-state index >= 15 is 0 Å². The number of nitrogens with one attached hydrogen (secondary N) is 3. The number of aromatic nitrogens is 1. The molecule has 0 aliphatic carbocycles. The molecule has 16 nitrogen and oxygen atoms in total. The van der Waals surface area contributed by atoms with Crippen LogP contribution in [-0.4, -0.2) is 95.5 Å². The lowest BCUT2D eigenvalue weighted by Crippen LogP contribution is -2.76. The van der Waals surface area contributed by atoms with Gasteiger partial charge in [0.2, 0.25) is 5.60 Å². The number of carbonyl (C=O) groups excluding carboxylic acids is 4. The molecular formula is C36H49N6O10+. The van der Waals surface area contributed by atoms with Gasteiger partial charge in [-0.25, -0.2) is 19.4 Å². The first kappa shape index (κ1) is 41.3. The maximum atomic E-state index is 13.8. The molecule has 2 aromatic rings. The molecule has 6 N–H and O–H groups in total. The summed E-state index contributed by atoms with van der Waals surface area (Å²) in [6, 6.07) is 12.4. The van der Waals surface area contributed by atoms with E-state index in [1.165, 1.54) is 33.1 Å². The molecule has 1 aliphatic rings. The van der Waals surface area contributed by atoms with Crippen LogP contribution >= 0.6 is 0 Å². The Morgan fingerprint density at radius 3 is 2.33 bits per heavy atom. The number of rotatable bonds is 11. The monoisotopic (exact) mass is 725 g/mol. The molecular weight excluding hydrogens is 676 g/mol. The van der Waals surface area contributed by atoms with Crippen molar-refractivity contribution >= 4 is 36.1 Å². The summed E-state index contributed by atoms with van der Waals surface area (Å²) in [4.78, 5) is 61.8. The van der Waals surface area contributed by atoms with Crippen LogP contribution in [0.4, 0.5) is 4.79 Å². The Morgan fingerprint density at radius 2 is 1.77 bits per heavy atom. The third-order valence-electron chi connectivity index (χ3n) is 8.01. The van der Waals surface area contributed by atoms with Crippen LogP contribution in [0.2, 0.25) is 0 Å². The van der Waals surface area contributed by atoms with Crippen molar-refractivity contribution in [3.05, 3.63) is 59.4 Å². The molecule has 1 fully saturated rings. The van der Waals surface area contributed by atoms with Crippen molar-refractivity contribution in [1.29, 1.82) is 5.26 Å². The minimum Gasteiger partial charge on any atom is -0.463 e. The van der Waals surface area contributed by atoms with Crippen molar-refractivity contribution in [3.8, 4) is 6.07 Å². The lowest BCUT2D eigenvalue weighted by molar-refractivity contribution is -0.309. The summed E-state index contributed by atoms with van der Waals surface area (Å²) in [6.07, 6.45) is -4.73. The fourth-order valence-corrected chi connectivity index (χ4v) is 5.02. The number of ether oxygens (including phenoxy) is 5. The van der Waals surface area contributed by atoms with E-state index in [0.29, 0.717) is 5.56 Å². The molecule has 1 aliphatic heterocycles. The summed E-state index contributed by atoms with van der Waals surface area (Å²) in [6.45, 7) is 12.6. The smallest absolute Gasteiger partial charge is 0.408 e. The average molecular weight is 726 g/mol. The van der Waals surface area contributed by atoms with Gasteiger partial charge in [-0.3, -0.25) is 4.79 Å². The van der Waals surface area contributed by atoms with Crippen molar-refractivity contribution in [2.75, 3.05) is 13.7 Å². The van der Waals surface area contributed by atoms with Crippen LogP contribution in [0.25, 0.3) is 0 Å². The second kappa shape index (κ2) is 16.5. The maximum Gasteiger partial charge on any atom is 0.408 e. The zero-order valence-corrected chi connectivity index (χ0v) is 30.9. The molecule has 2 amide bonds.